The molecule has 2 saturated heterocycles. The Kier molecular flexibility index (Phi) is 26.3. The van der Waals surface area contributed by atoms with Crippen molar-refractivity contribution in [1.82, 2.24) is 0 Å². The number of hydrogen-bond donors (Lipinski definition) is 22. The molecule has 20 atom stereocenters. The third-order valence-corrected chi connectivity index (χ3v) is 8.07. The largest absolute Gasteiger partial charge is 0.394 e. The van der Waals surface area contributed by atoms with Gasteiger partial charge in [-0.2, -0.15) is 0 Å². The van der Waals surface area contributed by atoms with Crippen LogP contribution in [0.25, 0.3) is 0 Å². The van der Waals surface area contributed by atoms with E-state index in [1.165, 1.54) is 0 Å². The summed E-state index contributed by atoms with van der Waals surface area (Å²) in [5.41, 5.74) is 0. The molecule has 0 bridgehead atoms. The highest BCUT2D eigenvalue weighted by molar-refractivity contribution is 4.92. The Bertz CT molecular complexity index is 866. The molecule has 0 aromatic carbocycles. The molecule has 2 fully saturated rings. The molecule has 2 heterocycles. The highest BCUT2D eigenvalue weighted by Gasteiger charge is 2.48. The predicted molar refractivity (Wildman–Crippen MR) is 168 cm³/mol. The summed E-state index contributed by atoms with van der Waals surface area (Å²) < 4.78 is 20.3. The van der Waals surface area contributed by atoms with Gasteiger partial charge >= 0.3 is 0 Å². The van der Waals surface area contributed by atoms with E-state index in [-0.39, 0.29) is 0 Å². The average molecular weight is 811 g/mol. The minimum atomic E-state index is -1.85. The normalized spacial score (nSPS) is 34.3. The number of hydrogen-bond acceptors (Lipinski definition) is 26. The van der Waals surface area contributed by atoms with Crippen LogP contribution in [0.3, 0.4) is 0 Å². The van der Waals surface area contributed by atoms with Crippen molar-refractivity contribution < 1.29 is 131 Å². The van der Waals surface area contributed by atoms with Crippen LogP contribution in [0, 0.1) is 0 Å². The Labute approximate surface area is 307 Å². The summed E-state index contributed by atoms with van der Waals surface area (Å²) >= 11 is 0. The van der Waals surface area contributed by atoms with Crippen molar-refractivity contribution in [3.05, 3.63) is 0 Å². The van der Waals surface area contributed by atoms with E-state index in [9.17, 15) is 61.3 Å². The van der Waals surface area contributed by atoms with Crippen molar-refractivity contribution in [3.8, 4) is 0 Å². The number of rotatable bonds is 19. The van der Waals surface area contributed by atoms with Crippen LogP contribution in [0.4, 0.5) is 0 Å². The lowest BCUT2D eigenvalue weighted by Crippen LogP contribution is -2.61. The van der Waals surface area contributed by atoms with E-state index < -0.39 is 175 Å². The zero-order chi connectivity index (χ0) is 42.0. The third-order valence-electron chi connectivity index (χ3n) is 8.07. The summed E-state index contributed by atoms with van der Waals surface area (Å²) in [6.45, 7) is -5.96. The fraction of sp³-hybridized carbons (Fsp3) is 1.00. The molecule has 0 amide bonds. The minimum Gasteiger partial charge on any atom is -0.394 e. The number of aliphatic hydroxyl groups is 22. The van der Waals surface area contributed by atoms with Gasteiger partial charge in [-0.15, -0.1) is 0 Å². The van der Waals surface area contributed by atoms with Crippen LogP contribution in [-0.4, -0.2) is 288 Å². The summed E-state index contributed by atoms with van der Waals surface area (Å²) in [6, 6.07) is 0. The summed E-state index contributed by atoms with van der Waals surface area (Å²) in [4.78, 5) is 0. The molecular weight excluding hydrogens is 752 g/mol. The Hall–Kier alpha value is -1.04. The van der Waals surface area contributed by atoms with E-state index in [4.69, 9.17) is 70.0 Å². The molecule has 0 aromatic rings. The second-order valence-corrected chi connectivity index (χ2v) is 12.1. The van der Waals surface area contributed by atoms with Crippen LogP contribution in [0.15, 0.2) is 0 Å². The molecule has 2 aliphatic rings. The maximum Gasteiger partial charge on any atom is 0.187 e. The second-order valence-electron chi connectivity index (χ2n) is 12.1. The lowest BCUT2D eigenvalue weighted by atomic mass is 9.98. The first-order valence-corrected chi connectivity index (χ1v) is 16.3. The van der Waals surface area contributed by atoms with E-state index in [0.717, 1.165) is 0 Å². The molecule has 326 valence electrons. The molecule has 0 spiro atoms. The van der Waals surface area contributed by atoms with Crippen LogP contribution in [0.5, 0.6) is 0 Å². The molecule has 54 heavy (non-hydrogen) atoms. The van der Waals surface area contributed by atoms with E-state index in [1.54, 1.807) is 0 Å². The highest BCUT2D eigenvalue weighted by atomic mass is 16.7. The Morgan fingerprint density at radius 1 is 0.352 bits per heavy atom. The molecular formula is C28H58O26. The van der Waals surface area contributed by atoms with E-state index >= 15 is 0 Å². The Morgan fingerprint density at radius 2 is 0.611 bits per heavy atom. The monoisotopic (exact) mass is 810 g/mol. The molecule has 0 radical (unpaired) electrons. The van der Waals surface area contributed by atoms with Gasteiger partial charge in [0, 0.05) is 0 Å². The SMILES string of the molecule is OCC(O)C(O)CO.OC[C@@H](O)[C@@H](O[C@H]1O[C@H](CO)[C@@H](O)[C@H](O)[C@H]1O)[C@H](O)[C@@H](O)CO.OC[C@@H](O)[C@@H](O[C@H]1O[C@H](CO)[C@@H](O)[C@H](O)[C@H]1O)[C@H](O)[C@@H](O)CO. The smallest absolute Gasteiger partial charge is 0.187 e. The fourth-order valence-electron chi connectivity index (χ4n) is 4.57. The molecule has 26 nitrogen and oxygen atoms in total. The van der Waals surface area contributed by atoms with Gasteiger partial charge in [0.2, 0.25) is 0 Å². The van der Waals surface area contributed by atoms with Gasteiger partial charge in [0.1, 0.15) is 110 Å². The van der Waals surface area contributed by atoms with Crippen molar-refractivity contribution in [3.63, 3.8) is 0 Å². The summed E-state index contributed by atoms with van der Waals surface area (Å²) in [7, 11) is 0. The van der Waals surface area contributed by atoms with Crippen molar-refractivity contribution in [1.29, 1.82) is 0 Å². The number of aliphatic hydroxyl groups excluding tert-OH is 22. The van der Waals surface area contributed by atoms with Crippen LogP contribution in [0.2, 0.25) is 0 Å². The van der Waals surface area contributed by atoms with Gasteiger partial charge in [-0.25, -0.2) is 0 Å². The Balaban J connectivity index is 0.000000867. The van der Waals surface area contributed by atoms with Crippen molar-refractivity contribution in [2.75, 3.05) is 52.9 Å². The van der Waals surface area contributed by atoms with Gasteiger partial charge in [-0.05, 0) is 0 Å². The van der Waals surface area contributed by atoms with Gasteiger partial charge in [0.05, 0.1) is 52.9 Å². The van der Waals surface area contributed by atoms with Gasteiger partial charge in [0.15, 0.2) is 12.6 Å². The first kappa shape index (κ1) is 53.0. The van der Waals surface area contributed by atoms with Gasteiger partial charge in [0.25, 0.3) is 0 Å². The van der Waals surface area contributed by atoms with Crippen LogP contribution in [0.1, 0.15) is 0 Å². The van der Waals surface area contributed by atoms with Crippen LogP contribution in [-0.2, 0) is 18.9 Å². The number of ether oxygens (including phenoxy) is 4. The Morgan fingerprint density at radius 3 is 0.833 bits per heavy atom. The lowest BCUT2D eigenvalue weighted by molar-refractivity contribution is -0.327. The topological polar surface area (TPSA) is 482 Å². The van der Waals surface area contributed by atoms with Gasteiger partial charge < -0.3 is 131 Å². The average Bonchev–Trinajstić information content (AvgIpc) is 3.19. The first-order chi connectivity index (χ1) is 25.3. The van der Waals surface area contributed by atoms with E-state index in [2.05, 4.69) is 0 Å². The van der Waals surface area contributed by atoms with Gasteiger partial charge in [-0.1, -0.05) is 0 Å². The first-order valence-electron chi connectivity index (χ1n) is 16.3. The van der Waals surface area contributed by atoms with Crippen molar-refractivity contribution in [2.45, 2.75) is 122 Å². The zero-order valence-corrected chi connectivity index (χ0v) is 28.7. The molecule has 2 rings (SSSR count). The minimum absolute atomic E-state index is 0.526. The maximum absolute atomic E-state index is 9.83. The summed E-state index contributed by atoms with van der Waals surface area (Å²) in [5.74, 6) is 0. The quantitative estimate of drug-likeness (QED) is 0.0576. The molecule has 2 unspecified atom stereocenters. The second kappa shape index (κ2) is 26.8. The van der Waals surface area contributed by atoms with Crippen LogP contribution < -0.4 is 0 Å². The highest BCUT2D eigenvalue weighted by Crippen LogP contribution is 2.26. The van der Waals surface area contributed by atoms with Crippen LogP contribution >= 0.6 is 0 Å². The molecule has 0 aliphatic carbocycles. The maximum atomic E-state index is 9.83. The van der Waals surface area contributed by atoms with Crippen molar-refractivity contribution >= 4 is 0 Å². The zero-order valence-electron chi connectivity index (χ0n) is 28.7. The molecule has 0 aromatic heterocycles. The van der Waals surface area contributed by atoms with E-state index in [1.807, 2.05) is 0 Å². The molecule has 26 heteroatoms. The molecule has 22 N–H and O–H groups in total. The lowest BCUT2D eigenvalue weighted by Gasteiger charge is -2.42. The van der Waals surface area contributed by atoms with E-state index in [0.29, 0.717) is 0 Å². The summed E-state index contributed by atoms with van der Waals surface area (Å²) in [5, 5.41) is 203. The van der Waals surface area contributed by atoms with Crippen molar-refractivity contribution in [2.24, 2.45) is 0 Å². The standard InChI is InChI=1S/2C12H24O11.C4H10O4/c2*13-1-4(16)7(18)11(5(17)2-14)23-12-10(21)9(20)8(19)6(3-15)22-12;5-1-3(7)4(8)2-6/h2*4-21H,1-3H2;3-8H,1-2H2/t2*4-,5+,6+,7+,8+,9-,10+,11+,12+;/m00./s1. The molecule has 2 aliphatic heterocycles. The fourth-order valence-corrected chi connectivity index (χ4v) is 4.57. The summed E-state index contributed by atoms with van der Waals surface area (Å²) in [6.07, 6.45) is -32.6. The van der Waals surface area contributed by atoms with Gasteiger partial charge in [-0.3, -0.25) is 0 Å². The third kappa shape index (κ3) is 15.4. The molecule has 0 saturated carbocycles. The predicted octanol–water partition coefficient (Wildman–Crippen LogP) is -13.8.